The first-order valence-corrected chi connectivity index (χ1v) is 5.14. The first-order valence-electron chi connectivity index (χ1n) is 3.46. The van der Waals surface area contributed by atoms with E-state index in [4.69, 9.17) is 15.5 Å². The average molecular weight is 214 g/mol. The monoisotopic (exact) mass is 214 g/mol. The van der Waals surface area contributed by atoms with Gasteiger partial charge >= 0.3 is 7.60 Å². The molecule has 13 heavy (non-hydrogen) atoms. The summed E-state index contributed by atoms with van der Waals surface area (Å²) in [6.45, 7) is 0.0450. The van der Waals surface area contributed by atoms with Gasteiger partial charge in [-0.2, -0.15) is 0 Å². The first-order chi connectivity index (χ1) is 5.79. The molecule has 0 aromatic rings. The van der Waals surface area contributed by atoms with Crippen LogP contribution in [0.15, 0.2) is 0 Å². The number of hydrogen-bond acceptors (Lipinski definition) is 3. The molecule has 0 aliphatic heterocycles. The standard InChI is InChI=1S/C5H12FN2O4P/c1-3(13(10,11)12)8-5(9)4(7)2-6/h3-4H,2,7H2,1H3,(H,8,9)(H2,10,11,12)/t3-,4-/m0/s1. The van der Waals surface area contributed by atoms with Crippen molar-refractivity contribution in [1.82, 2.24) is 5.32 Å². The third-order valence-corrected chi connectivity index (χ3v) is 2.50. The van der Waals surface area contributed by atoms with E-state index >= 15 is 0 Å². The highest BCUT2D eigenvalue weighted by molar-refractivity contribution is 7.52. The van der Waals surface area contributed by atoms with Gasteiger partial charge in [0.05, 0.1) is 0 Å². The van der Waals surface area contributed by atoms with E-state index in [2.05, 4.69) is 0 Å². The predicted octanol–water partition coefficient (Wildman–Crippen LogP) is -1.08. The summed E-state index contributed by atoms with van der Waals surface area (Å²) in [7, 11) is -4.37. The fraction of sp³-hybridized carbons (Fsp3) is 0.800. The molecule has 5 N–H and O–H groups in total. The number of carbonyl (C=O) groups excluding carboxylic acids is 1. The second-order valence-electron chi connectivity index (χ2n) is 2.53. The van der Waals surface area contributed by atoms with Crippen LogP contribution in [0.3, 0.4) is 0 Å². The first kappa shape index (κ1) is 12.5. The molecular formula is C5H12FN2O4P. The number of alkyl halides is 1. The minimum Gasteiger partial charge on any atom is -0.341 e. The molecule has 0 saturated carbocycles. The molecule has 78 valence electrons. The van der Waals surface area contributed by atoms with Gasteiger partial charge in [-0.05, 0) is 6.92 Å². The Morgan fingerprint density at radius 3 is 2.46 bits per heavy atom. The van der Waals surface area contributed by atoms with Crippen molar-refractivity contribution in [3.05, 3.63) is 0 Å². The number of nitrogens with one attached hydrogen (secondary N) is 1. The van der Waals surface area contributed by atoms with Crippen LogP contribution in [0.5, 0.6) is 0 Å². The minimum absolute atomic E-state index is 0.918. The van der Waals surface area contributed by atoms with Crippen molar-refractivity contribution in [2.45, 2.75) is 18.7 Å². The molecule has 0 aliphatic carbocycles. The zero-order chi connectivity index (χ0) is 10.6. The average Bonchev–Trinajstić information content (AvgIpc) is 2.01. The molecule has 0 heterocycles. The fourth-order valence-electron chi connectivity index (χ4n) is 0.467. The summed E-state index contributed by atoms with van der Waals surface area (Å²) in [6, 6.07) is -1.38. The van der Waals surface area contributed by atoms with Crippen molar-refractivity contribution in [3.8, 4) is 0 Å². The van der Waals surface area contributed by atoms with Crippen LogP contribution in [0.25, 0.3) is 0 Å². The van der Waals surface area contributed by atoms with Crippen LogP contribution in [-0.4, -0.2) is 34.2 Å². The van der Waals surface area contributed by atoms with Gasteiger partial charge in [0.25, 0.3) is 0 Å². The van der Waals surface area contributed by atoms with Crippen LogP contribution in [0.1, 0.15) is 6.92 Å². The van der Waals surface area contributed by atoms with E-state index in [9.17, 15) is 13.8 Å². The Hall–Kier alpha value is -0.490. The number of rotatable bonds is 4. The van der Waals surface area contributed by atoms with Crippen molar-refractivity contribution in [1.29, 1.82) is 0 Å². The van der Waals surface area contributed by atoms with Crippen molar-refractivity contribution < 1.29 is 23.5 Å². The van der Waals surface area contributed by atoms with Gasteiger partial charge in [-0.25, -0.2) is 4.39 Å². The lowest BCUT2D eigenvalue weighted by Crippen LogP contribution is -2.45. The molecule has 0 unspecified atom stereocenters. The van der Waals surface area contributed by atoms with Crippen molar-refractivity contribution >= 4 is 13.5 Å². The van der Waals surface area contributed by atoms with E-state index in [1.165, 1.54) is 0 Å². The number of carbonyl (C=O) groups is 1. The maximum atomic E-state index is 11.8. The topological polar surface area (TPSA) is 113 Å². The Labute approximate surface area is 74.5 Å². The van der Waals surface area contributed by atoms with Crippen molar-refractivity contribution in [3.63, 3.8) is 0 Å². The zero-order valence-electron chi connectivity index (χ0n) is 6.98. The lowest BCUT2D eigenvalue weighted by atomic mass is 10.3. The molecule has 0 spiro atoms. The zero-order valence-corrected chi connectivity index (χ0v) is 7.87. The molecule has 0 aromatic heterocycles. The number of halogens is 1. The quantitative estimate of drug-likeness (QED) is 0.445. The van der Waals surface area contributed by atoms with Crippen molar-refractivity contribution in [2.24, 2.45) is 5.73 Å². The van der Waals surface area contributed by atoms with Gasteiger partial charge in [-0.1, -0.05) is 0 Å². The lowest BCUT2D eigenvalue weighted by molar-refractivity contribution is -0.122. The molecule has 0 aliphatic rings. The fourth-order valence-corrected chi connectivity index (χ4v) is 0.762. The summed E-state index contributed by atoms with van der Waals surface area (Å²) in [4.78, 5) is 27.9. The minimum atomic E-state index is -4.37. The van der Waals surface area contributed by atoms with Crippen LogP contribution >= 0.6 is 7.60 Å². The van der Waals surface area contributed by atoms with E-state index in [0.29, 0.717) is 0 Å². The summed E-state index contributed by atoms with van der Waals surface area (Å²) in [6.07, 6.45) is 0. The molecular weight excluding hydrogens is 202 g/mol. The molecule has 0 radical (unpaired) electrons. The van der Waals surface area contributed by atoms with Crippen molar-refractivity contribution in [2.75, 3.05) is 6.67 Å². The van der Waals surface area contributed by atoms with E-state index in [1.807, 2.05) is 5.32 Å². The molecule has 0 rings (SSSR count). The van der Waals surface area contributed by atoms with Crippen LogP contribution in [0, 0.1) is 0 Å². The van der Waals surface area contributed by atoms with Gasteiger partial charge in [0.15, 0.2) is 0 Å². The van der Waals surface area contributed by atoms with Crippen LogP contribution in [0.4, 0.5) is 4.39 Å². The number of hydrogen-bond donors (Lipinski definition) is 4. The third-order valence-electron chi connectivity index (χ3n) is 1.36. The highest BCUT2D eigenvalue weighted by atomic mass is 31.2. The molecule has 8 heteroatoms. The van der Waals surface area contributed by atoms with Gasteiger partial charge in [0.2, 0.25) is 5.91 Å². The predicted molar refractivity (Wildman–Crippen MR) is 43.6 cm³/mol. The third kappa shape index (κ3) is 4.33. The summed E-state index contributed by atoms with van der Waals surface area (Å²) in [5.74, 6) is -2.27. The van der Waals surface area contributed by atoms with E-state index < -0.39 is 32.0 Å². The van der Waals surface area contributed by atoms with E-state index in [0.717, 1.165) is 6.92 Å². The largest absolute Gasteiger partial charge is 0.347 e. The van der Waals surface area contributed by atoms with E-state index in [1.54, 1.807) is 0 Å². The maximum Gasteiger partial charge on any atom is 0.347 e. The van der Waals surface area contributed by atoms with Crippen LogP contribution in [0.2, 0.25) is 0 Å². The van der Waals surface area contributed by atoms with Gasteiger partial charge in [-0.15, -0.1) is 0 Å². The van der Waals surface area contributed by atoms with Gasteiger partial charge in [0.1, 0.15) is 18.5 Å². The number of nitrogens with two attached hydrogens (primary N) is 1. The Morgan fingerprint density at radius 2 is 2.15 bits per heavy atom. The number of amides is 1. The van der Waals surface area contributed by atoms with Crippen LogP contribution in [-0.2, 0) is 9.36 Å². The van der Waals surface area contributed by atoms with E-state index in [-0.39, 0.29) is 0 Å². The molecule has 6 nitrogen and oxygen atoms in total. The summed E-state index contributed by atoms with van der Waals surface area (Å²) in [5, 5.41) is 1.90. The molecule has 2 atom stereocenters. The Balaban J connectivity index is 4.15. The summed E-state index contributed by atoms with van der Waals surface area (Å²) in [5.41, 5.74) is 4.97. The maximum absolute atomic E-state index is 11.8. The molecule has 0 bridgehead atoms. The highest BCUT2D eigenvalue weighted by Crippen LogP contribution is 2.38. The Kier molecular flexibility index (Phi) is 4.49. The van der Waals surface area contributed by atoms with Gasteiger partial charge < -0.3 is 20.8 Å². The Morgan fingerprint density at radius 1 is 1.69 bits per heavy atom. The summed E-state index contributed by atoms with van der Waals surface area (Å²) >= 11 is 0. The van der Waals surface area contributed by atoms with Gasteiger partial charge in [0, 0.05) is 0 Å². The molecule has 0 aromatic carbocycles. The summed E-state index contributed by atoms with van der Waals surface area (Å²) < 4.78 is 22.3. The molecule has 0 fully saturated rings. The second-order valence-corrected chi connectivity index (χ2v) is 4.49. The Bertz CT molecular complexity index is 231. The smallest absolute Gasteiger partial charge is 0.341 e. The highest BCUT2D eigenvalue weighted by Gasteiger charge is 2.27. The normalized spacial score (nSPS) is 16.4. The lowest BCUT2D eigenvalue weighted by Gasteiger charge is -2.16. The van der Waals surface area contributed by atoms with Crippen LogP contribution < -0.4 is 11.1 Å². The second kappa shape index (κ2) is 4.66. The molecule has 0 saturated heterocycles. The van der Waals surface area contributed by atoms with Gasteiger partial charge in [-0.3, -0.25) is 9.36 Å². The SMILES string of the molecule is C[C@@H](NC(=O)[C@@H](N)CF)P(=O)(O)O. The molecule has 1 amide bonds.